The minimum atomic E-state index is -0.416. The van der Waals surface area contributed by atoms with Crippen molar-refractivity contribution >= 4 is 17.3 Å². The summed E-state index contributed by atoms with van der Waals surface area (Å²) in [4.78, 5) is 23.0. The van der Waals surface area contributed by atoms with Crippen molar-refractivity contribution in [2.45, 2.75) is 33.1 Å². The van der Waals surface area contributed by atoms with Crippen molar-refractivity contribution in [2.24, 2.45) is 5.41 Å². The summed E-state index contributed by atoms with van der Waals surface area (Å²) in [5.74, 6) is 0.00241. The Bertz CT molecular complexity index is 551. The van der Waals surface area contributed by atoms with Gasteiger partial charge < -0.3 is 10.6 Å². The van der Waals surface area contributed by atoms with Crippen molar-refractivity contribution < 1.29 is 9.72 Å². The first-order valence-electron chi connectivity index (χ1n) is 7.26. The molecule has 1 saturated heterocycles. The fourth-order valence-corrected chi connectivity index (χ4v) is 2.94. The van der Waals surface area contributed by atoms with Crippen LogP contribution in [-0.2, 0) is 4.79 Å². The predicted octanol–water partition coefficient (Wildman–Crippen LogP) is 2.62. The highest BCUT2D eigenvalue weighted by Gasteiger charge is 2.40. The Hall–Kier alpha value is -1.95. The van der Waals surface area contributed by atoms with Crippen molar-refractivity contribution in [1.82, 2.24) is 5.32 Å². The average molecular weight is 291 g/mol. The van der Waals surface area contributed by atoms with E-state index in [0.717, 1.165) is 25.8 Å². The van der Waals surface area contributed by atoms with Gasteiger partial charge in [0.25, 0.3) is 5.69 Å². The topological polar surface area (TPSA) is 84.3 Å². The van der Waals surface area contributed by atoms with E-state index in [1.54, 1.807) is 19.1 Å². The molecule has 0 bridgehead atoms. The number of amides is 1. The summed E-state index contributed by atoms with van der Waals surface area (Å²) in [6.45, 7) is 5.29. The smallest absolute Gasteiger partial charge is 0.272 e. The summed E-state index contributed by atoms with van der Waals surface area (Å²) in [5.41, 5.74) is 0.876. The fraction of sp³-hybridized carbons (Fsp3) is 0.533. The lowest BCUT2D eigenvalue weighted by molar-refractivity contribution is -0.385. The predicted molar refractivity (Wildman–Crippen MR) is 81.3 cm³/mol. The largest absolute Gasteiger partial charge is 0.326 e. The van der Waals surface area contributed by atoms with E-state index in [-0.39, 0.29) is 17.0 Å². The monoisotopic (exact) mass is 291 g/mol. The van der Waals surface area contributed by atoms with Gasteiger partial charge in [0.05, 0.1) is 10.3 Å². The molecule has 1 aliphatic heterocycles. The van der Waals surface area contributed by atoms with E-state index in [1.165, 1.54) is 6.07 Å². The molecule has 1 amide bonds. The third kappa shape index (κ3) is 3.21. The van der Waals surface area contributed by atoms with Crippen molar-refractivity contribution in [3.63, 3.8) is 0 Å². The van der Waals surface area contributed by atoms with Crippen molar-refractivity contribution in [1.29, 1.82) is 0 Å². The maximum atomic E-state index is 12.6. The third-order valence-corrected chi connectivity index (χ3v) is 4.11. The molecule has 1 aromatic carbocycles. The third-order valence-electron chi connectivity index (χ3n) is 4.11. The Labute approximate surface area is 124 Å². The number of nitrogens with zero attached hydrogens (tertiary/aromatic N) is 1. The summed E-state index contributed by atoms with van der Waals surface area (Å²) in [6.07, 6.45) is 2.63. The van der Waals surface area contributed by atoms with E-state index < -0.39 is 4.92 Å². The molecule has 1 atom stereocenters. The molecule has 21 heavy (non-hydrogen) atoms. The minimum absolute atomic E-state index is 0.00241. The summed E-state index contributed by atoms with van der Waals surface area (Å²) < 4.78 is 0. The summed E-state index contributed by atoms with van der Waals surface area (Å²) >= 11 is 0. The Morgan fingerprint density at radius 3 is 2.81 bits per heavy atom. The molecule has 6 nitrogen and oxygen atoms in total. The first-order valence-corrected chi connectivity index (χ1v) is 7.26. The second kappa shape index (κ2) is 6.22. The molecule has 1 fully saturated rings. The molecule has 1 unspecified atom stereocenters. The van der Waals surface area contributed by atoms with Gasteiger partial charge in [0.1, 0.15) is 0 Å². The molecule has 0 spiro atoms. The highest BCUT2D eigenvalue weighted by molar-refractivity contribution is 5.96. The highest BCUT2D eigenvalue weighted by Crippen LogP contribution is 2.33. The number of aryl methyl sites for hydroxylation is 1. The molecule has 0 aliphatic carbocycles. The molecule has 2 rings (SSSR count). The van der Waals surface area contributed by atoms with Gasteiger partial charge in [0, 0.05) is 23.9 Å². The number of carbonyl (C=O) groups is 1. The van der Waals surface area contributed by atoms with Crippen LogP contribution in [0.4, 0.5) is 11.4 Å². The zero-order valence-corrected chi connectivity index (χ0v) is 12.4. The molecule has 1 aromatic rings. The maximum absolute atomic E-state index is 12.6. The van der Waals surface area contributed by atoms with Gasteiger partial charge in [-0.25, -0.2) is 0 Å². The first-order chi connectivity index (χ1) is 9.98. The molecule has 0 saturated carbocycles. The van der Waals surface area contributed by atoms with Gasteiger partial charge in [-0.15, -0.1) is 0 Å². The van der Waals surface area contributed by atoms with Crippen LogP contribution >= 0.6 is 0 Å². The SMILES string of the molecule is CCCC1(C(=O)Nc2ccc([N+](=O)[O-])c(C)c2)CCNC1. The van der Waals surface area contributed by atoms with Crippen LogP contribution in [0.5, 0.6) is 0 Å². The minimum Gasteiger partial charge on any atom is -0.326 e. The summed E-state index contributed by atoms with van der Waals surface area (Å²) in [6, 6.07) is 4.67. The molecule has 1 heterocycles. The van der Waals surface area contributed by atoms with Gasteiger partial charge in [-0.3, -0.25) is 14.9 Å². The second-order valence-corrected chi connectivity index (χ2v) is 5.67. The molecule has 6 heteroatoms. The number of nitrogens with one attached hydrogen (secondary N) is 2. The molecule has 1 aliphatic rings. The highest BCUT2D eigenvalue weighted by atomic mass is 16.6. The van der Waals surface area contributed by atoms with Gasteiger partial charge in [-0.1, -0.05) is 13.3 Å². The van der Waals surface area contributed by atoms with Crippen molar-refractivity contribution in [2.75, 3.05) is 18.4 Å². The van der Waals surface area contributed by atoms with Gasteiger partial charge in [0.2, 0.25) is 5.91 Å². The molecular formula is C15H21N3O3. The van der Waals surface area contributed by atoms with Crippen LogP contribution < -0.4 is 10.6 Å². The Balaban J connectivity index is 2.15. The summed E-state index contributed by atoms with van der Waals surface area (Å²) in [5, 5.41) is 17.0. The number of hydrogen-bond donors (Lipinski definition) is 2. The summed E-state index contributed by atoms with van der Waals surface area (Å²) in [7, 11) is 0. The Morgan fingerprint density at radius 1 is 1.52 bits per heavy atom. The standard InChI is InChI=1S/C15H21N3O3/c1-3-6-15(7-8-16-10-15)14(19)17-12-4-5-13(18(20)21)11(2)9-12/h4-5,9,16H,3,6-8,10H2,1-2H3,(H,17,19). The number of nitro benzene ring substituents is 1. The van der Waals surface area contributed by atoms with E-state index in [4.69, 9.17) is 0 Å². The van der Waals surface area contributed by atoms with Crippen LogP contribution in [0.15, 0.2) is 18.2 Å². The Kier molecular flexibility index (Phi) is 4.57. The van der Waals surface area contributed by atoms with Crippen LogP contribution in [-0.4, -0.2) is 23.9 Å². The van der Waals surface area contributed by atoms with E-state index in [2.05, 4.69) is 17.6 Å². The van der Waals surface area contributed by atoms with E-state index in [1.807, 2.05) is 0 Å². The lowest BCUT2D eigenvalue weighted by Gasteiger charge is -2.26. The van der Waals surface area contributed by atoms with Crippen molar-refractivity contribution in [3.05, 3.63) is 33.9 Å². The zero-order valence-electron chi connectivity index (χ0n) is 12.4. The maximum Gasteiger partial charge on any atom is 0.272 e. The molecule has 0 radical (unpaired) electrons. The fourth-order valence-electron chi connectivity index (χ4n) is 2.94. The van der Waals surface area contributed by atoms with Crippen molar-refractivity contribution in [3.8, 4) is 0 Å². The number of benzene rings is 1. The number of anilines is 1. The number of nitro groups is 1. The van der Waals surface area contributed by atoms with E-state index in [9.17, 15) is 14.9 Å². The number of rotatable bonds is 5. The molecule has 2 N–H and O–H groups in total. The van der Waals surface area contributed by atoms with Crippen LogP contribution in [0.3, 0.4) is 0 Å². The molecular weight excluding hydrogens is 270 g/mol. The lowest BCUT2D eigenvalue weighted by atomic mass is 9.81. The van der Waals surface area contributed by atoms with Gasteiger partial charge >= 0.3 is 0 Å². The van der Waals surface area contributed by atoms with Gasteiger partial charge in [-0.05, 0) is 38.4 Å². The van der Waals surface area contributed by atoms with E-state index in [0.29, 0.717) is 17.8 Å². The molecule has 0 aromatic heterocycles. The van der Waals surface area contributed by atoms with Gasteiger partial charge in [0.15, 0.2) is 0 Å². The molecule has 114 valence electrons. The number of carbonyl (C=O) groups excluding carboxylic acids is 1. The lowest BCUT2D eigenvalue weighted by Crippen LogP contribution is -2.38. The second-order valence-electron chi connectivity index (χ2n) is 5.67. The normalized spacial score (nSPS) is 21.2. The van der Waals surface area contributed by atoms with Crippen LogP contribution in [0, 0.1) is 22.5 Å². The van der Waals surface area contributed by atoms with Crippen LogP contribution in [0.25, 0.3) is 0 Å². The Morgan fingerprint density at radius 2 is 2.29 bits per heavy atom. The first kappa shape index (κ1) is 15.4. The average Bonchev–Trinajstić information content (AvgIpc) is 2.88. The van der Waals surface area contributed by atoms with E-state index >= 15 is 0 Å². The number of hydrogen-bond acceptors (Lipinski definition) is 4. The van der Waals surface area contributed by atoms with Gasteiger partial charge in [-0.2, -0.15) is 0 Å². The van der Waals surface area contributed by atoms with Crippen LogP contribution in [0.1, 0.15) is 31.7 Å². The zero-order chi connectivity index (χ0) is 15.5. The quantitative estimate of drug-likeness (QED) is 0.645. The van der Waals surface area contributed by atoms with Crippen LogP contribution in [0.2, 0.25) is 0 Å².